The van der Waals surface area contributed by atoms with Gasteiger partial charge in [0.1, 0.15) is 0 Å². The zero-order valence-electron chi connectivity index (χ0n) is 15.8. The molecule has 2 heterocycles. The Kier molecular flexibility index (Phi) is 5.39. The van der Waals surface area contributed by atoms with Crippen molar-refractivity contribution in [2.45, 2.75) is 20.8 Å². The second-order valence-electron chi connectivity index (χ2n) is 6.36. The number of aromatic nitrogens is 3. The number of nitrogens with zero attached hydrogens (tertiary/aromatic N) is 3. The van der Waals surface area contributed by atoms with Gasteiger partial charge in [-0.15, -0.1) is 0 Å². The van der Waals surface area contributed by atoms with Crippen LogP contribution in [0.2, 0.25) is 0 Å². The SMILES string of the molecule is Cc1ccc(-n2nc(C)c(NC(=O)COC(=O)c3cc[n+]([O-])cc3)c2C)cc1. The van der Waals surface area contributed by atoms with Gasteiger partial charge in [0.25, 0.3) is 5.91 Å². The van der Waals surface area contributed by atoms with Gasteiger partial charge in [0.05, 0.1) is 28.3 Å². The largest absolute Gasteiger partial charge is 0.619 e. The summed E-state index contributed by atoms with van der Waals surface area (Å²) in [6.45, 7) is 5.20. The fourth-order valence-electron chi connectivity index (χ4n) is 2.70. The monoisotopic (exact) mass is 380 g/mol. The van der Waals surface area contributed by atoms with E-state index in [-0.39, 0.29) is 5.56 Å². The number of amides is 1. The normalized spacial score (nSPS) is 10.5. The average molecular weight is 380 g/mol. The van der Waals surface area contributed by atoms with Gasteiger partial charge in [-0.05, 0) is 32.9 Å². The number of hydrogen-bond donors (Lipinski definition) is 1. The minimum absolute atomic E-state index is 0.194. The lowest BCUT2D eigenvalue weighted by atomic mass is 10.2. The van der Waals surface area contributed by atoms with Crippen LogP contribution >= 0.6 is 0 Å². The number of aryl methyl sites for hydroxylation is 2. The zero-order valence-corrected chi connectivity index (χ0v) is 15.8. The molecule has 0 fully saturated rings. The lowest BCUT2D eigenvalue weighted by molar-refractivity contribution is -0.605. The summed E-state index contributed by atoms with van der Waals surface area (Å²) >= 11 is 0. The summed E-state index contributed by atoms with van der Waals surface area (Å²) in [5.74, 6) is -1.16. The van der Waals surface area contributed by atoms with Gasteiger partial charge < -0.3 is 15.3 Å². The Morgan fingerprint density at radius 3 is 2.39 bits per heavy atom. The van der Waals surface area contributed by atoms with Crippen LogP contribution < -0.4 is 10.0 Å². The van der Waals surface area contributed by atoms with Crippen molar-refractivity contribution in [1.29, 1.82) is 0 Å². The predicted octanol–water partition coefficient (Wildman–Crippen LogP) is 2.23. The van der Waals surface area contributed by atoms with Crippen molar-refractivity contribution in [2.24, 2.45) is 0 Å². The summed E-state index contributed by atoms with van der Waals surface area (Å²) in [5, 5.41) is 18.2. The number of anilines is 1. The Hall–Kier alpha value is -3.68. The summed E-state index contributed by atoms with van der Waals surface area (Å²) in [5.41, 5.74) is 4.22. The fraction of sp³-hybridized carbons (Fsp3) is 0.200. The maximum absolute atomic E-state index is 12.2. The maximum atomic E-state index is 12.2. The van der Waals surface area contributed by atoms with E-state index in [1.807, 2.05) is 38.1 Å². The molecule has 0 aliphatic carbocycles. The van der Waals surface area contributed by atoms with Crippen LogP contribution in [0.1, 0.15) is 27.3 Å². The predicted molar refractivity (Wildman–Crippen MR) is 102 cm³/mol. The Morgan fingerprint density at radius 1 is 1.11 bits per heavy atom. The molecule has 8 nitrogen and oxygen atoms in total. The molecule has 3 rings (SSSR count). The molecular weight excluding hydrogens is 360 g/mol. The first-order valence-corrected chi connectivity index (χ1v) is 8.64. The lowest BCUT2D eigenvalue weighted by Gasteiger charge is -2.08. The minimum atomic E-state index is -0.681. The van der Waals surface area contributed by atoms with Crippen molar-refractivity contribution in [3.8, 4) is 5.69 Å². The third-order valence-corrected chi connectivity index (χ3v) is 4.21. The Bertz CT molecular complexity index is 1010. The number of hydrogen-bond acceptors (Lipinski definition) is 5. The molecule has 8 heteroatoms. The third-order valence-electron chi connectivity index (χ3n) is 4.21. The highest BCUT2D eigenvalue weighted by atomic mass is 16.5. The van der Waals surface area contributed by atoms with E-state index < -0.39 is 18.5 Å². The van der Waals surface area contributed by atoms with Crippen LogP contribution in [-0.2, 0) is 9.53 Å². The highest BCUT2D eigenvalue weighted by molar-refractivity contribution is 5.96. The van der Waals surface area contributed by atoms with E-state index in [9.17, 15) is 14.8 Å². The molecular formula is C20H20N4O4. The molecule has 0 bridgehead atoms. The van der Waals surface area contributed by atoms with Gasteiger partial charge in [-0.25, -0.2) is 9.48 Å². The Labute approximate surface area is 162 Å². The molecule has 1 amide bonds. The molecule has 3 aromatic rings. The second-order valence-corrected chi connectivity index (χ2v) is 6.36. The Morgan fingerprint density at radius 2 is 1.75 bits per heavy atom. The van der Waals surface area contributed by atoms with Gasteiger partial charge in [-0.3, -0.25) is 4.79 Å². The number of nitrogens with one attached hydrogen (secondary N) is 1. The van der Waals surface area contributed by atoms with Crippen LogP contribution in [0, 0.1) is 26.0 Å². The Balaban J connectivity index is 1.66. The molecule has 0 saturated heterocycles. The van der Waals surface area contributed by atoms with Gasteiger partial charge in [0, 0.05) is 12.1 Å². The average Bonchev–Trinajstić information content (AvgIpc) is 2.95. The van der Waals surface area contributed by atoms with Crippen molar-refractivity contribution >= 4 is 17.6 Å². The van der Waals surface area contributed by atoms with Crippen LogP contribution in [0.4, 0.5) is 5.69 Å². The molecule has 1 N–H and O–H groups in total. The summed E-state index contributed by atoms with van der Waals surface area (Å²) in [6, 6.07) is 10.5. The van der Waals surface area contributed by atoms with E-state index in [0.29, 0.717) is 16.1 Å². The van der Waals surface area contributed by atoms with Gasteiger partial charge in [0.15, 0.2) is 19.0 Å². The van der Waals surface area contributed by atoms with Crippen LogP contribution in [0.5, 0.6) is 0 Å². The number of pyridine rings is 1. The minimum Gasteiger partial charge on any atom is -0.619 e. The molecule has 28 heavy (non-hydrogen) atoms. The summed E-state index contributed by atoms with van der Waals surface area (Å²) in [7, 11) is 0. The van der Waals surface area contributed by atoms with Crippen LogP contribution in [0.15, 0.2) is 48.8 Å². The highest BCUT2D eigenvalue weighted by Crippen LogP contribution is 2.23. The number of ether oxygens (including phenoxy) is 1. The van der Waals surface area contributed by atoms with Gasteiger partial charge in [0.2, 0.25) is 0 Å². The maximum Gasteiger partial charge on any atom is 0.339 e. The number of rotatable bonds is 5. The molecule has 0 atom stereocenters. The van der Waals surface area contributed by atoms with E-state index >= 15 is 0 Å². The molecule has 0 unspecified atom stereocenters. The lowest BCUT2D eigenvalue weighted by Crippen LogP contribution is -2.25. The topological polar surface area (TPSA) is 100 Å². The molecule has 0 spiro atoms. The standard InChI is InChI=1S/C20H20N4O4/c1-13-4-6-17(7-5-13)24-15(3)19(14(2)22-24)21-18(25)12-28-20(26)16-8-10-23(27)11-9-16/h4-11H,12H2,1-3H3,(H,21,25). The van der Waals surface area contributed by atoms with E-state index in [4.69, 9.17) is 4.74 Å². The van der Waals surface area contributed by atoms with Crippen molar-refractivity contribution in [3.05, 3.63) is 76.5 Å². The summed E-state index contributed by atoms with van der Waals surface area (Å²) in [4.78, 5) is 24.2. The number of carbonyl (C=O) groups is 2. The van der Waals surface area contributed by atoms with Gasteiger partial charge in [-0.1, -0.05) is 17.7 Å². The zero-order chi connectivity index (χ0) is 20.3. The summed E-state index contributed by atoms with van der Waals surface area (Å²) < 4.78 is 7.30. The number of carbonyl (C=O) groups excluding carboxylic acids is 2. The van der Waals surface area contributed by atoms with E-state index in [0.717, 1.165) is 16.9 Å². The molecule has 0 saturated carbocycles. The second kappa shape index (κ2) is 7.91. The third kappa shape index (κ3) is 4.17. The van der Waals surface area contributed by atoms with E-state index in [1.165, 1.54) is 24.5 Å². The molecule has 1 aromatic carbocycles. The fourth-order valence-corrected chi connectivity index (χ4v) is 2.70. The van der Waals surface area contributed by atoms with Gasteiger partial charge >= 0.3 is 5.97 Å². The smallest absolute Gasteiger partial charge is 0.339 e. The van der Waals surface area contributed by atoms with Crippen LogP contribution in [-0.4, -0.2) is 28.3 Å². The van der Waals surface area contributed by atoms with Crippen molar-refractivity contribution < 1.29 is 19.1 Å². The first-order chi connectivity index (χ1) is 13.3. The van der Waals surface area contributed by atoms with Crippen LogP contribution in [0.3, 0.4) is 0 Å². The first kappa shape index (κ1) is 19.1. The molecule has 144 valence electrons. The molecule has 0 aliphatic heterocycles. The molecule has 0 radical (unpaired) electrons. The molecule has 0 aliphatic rings. The van der Waals surface area contributed by atoms with Crippen molar-refractivity contribution in [1.82, 2.24) is 9.78 Å². The van der Waals surface area contributed by atoms with Crippen molar-refractivity contribution in [3.63, 3.8) is 0 Å². The number of benzene rings is 1. The quantitative estimate of drug-likeness (QED) is 0.416. The highest BCUT2D eigenvalue weighted by Gasteiger charge is 2.17. The van der Waals surface area contributed by atoms with E-state index in [1.54, 1.807) is 11.6 Å². The molecule has 2 aromatic heterocycles. The van der Waals surface area contributed by atoms with E-state index in [2.05, 4.69) is 10.4 Å². The van der Waals surface area contributed by atoms with Crippen LogP contribution in [0.25, 0.3) is 5.69 Å². The van der Waals surface area contributed by atoms with Gasteiger partial charge in [-0.2, -0.15) is 9.83 Å². The first-order valence-electron chi connectivity index (χ1n) is 8.64. The van der Waals surface area contributed by atoms with Crippen molar-refractivity contribution in [2.75, 3.05) is 11.9 Å². The number of esters is 1. The summed E-state index contributed by atoms with van der Waals surface area (Å²) in [6.07, 6.45) is 2.37.